The van der Waals surface area contributed by atoms with Crippen LogP contribution in [0.25, 0.3) is 0 Å². The smallest absolute Gasteiger partial charge is 0.243 e. The summed E-state index contributed by atoms with van der Waals surface area (Å²) in [5, 5.41) is 11.2. The van der Waals surface area contributed by atoms with Gasteiger partial charge in [0, 0.05) is 55.4 Å². The van der Waals surface area contributed by atoms with E-state index in [1.165, 1.54) is 17.8 Å². The van der Waals surface area contributed by atoms with Gasteiger partial charge in [-0.05, 0) is 37.4 Å². The number of anilines is 2. The maximum Gasteiger partial charge on any atom is 0.243 e. The van der Waals surface area contributed by atoms with Crippen LogP contribution in [-0.4, -0.2) is 66.7 Å². The van der Waals surface area contributed by atoms with Crippen molar-refractivity contribution < 1.29 is 14.3 Å². The molecule has 2 atom stereocenters. The van der Waals surface area contributed by atoms with Crippen molar-refractivity contribution in [2.45, 2.75) is 11.4 Å². The number of amides is 1. The summed E-state index contributed by atoms with van der Waals surface area (Å²) in [6.07, 6.45) is -1.26. The zero-order chi connectivity index (χ0) is 22.1. The Hall–Kier alpha value is -1.51. The standard InChI is InChI=1S/C22H24Cl2FN3O2S/c1-26-7-9-27(10-8-26)18-4-2-3-17(25)19(18)20(29)21-22(30)28(11-12-31-21)14-5-6-15(23)16(24)13-14/h2-6,13,20-21,29H,7-12H2,1H3. The fourth-order valence-corrected chi connectivity index (χ4v) is 5.46. The van der Waals surface area contributed by atoms with Crippen LogP contribution >= 0.6 is 35.0 Å². The number of carbonyl (C=O) groups is 1. The van der Waals surface area contributed by atoms with Crippen molar-refractivity contribution in [3.8, 4) is 0 Å². The summed E-state index contributed by atoms with van der Waals surface area (Å²) >= 11 is 13.5. The van der Waals surface area contributed by atoms with Gasteiger partial charge in [-0.2, -0.15) is 0 Å². The van der Waals surface area contributed by atoms with Gasteiger partial charge < -0.3 is 19.8 Å². The number of aliphatic hydroxyl groups excluding tert-OH is 1. The van der Waals surface area contributed by atoms with Crippen molar-refractivity contribution in [2.24, 2.45) is 0 Å². The van der Waals surface area contributed by atoms with Crippen molar-refractivity contribution in [3.63, 3.8) is 0 Å². The molecule has 2 aliphatic heterocycles. The molecule has 9 heteroatoms. The second-order valence-corrected chi connectivity index (χ2v) is 9.85. The highest BCUT2D eigenvalue weighted by Crippen LogP contribution is 2.39. The third-order valence-corrected chi connectivity index (χ3v) is 7.77. The van der Waals surface area contributed by atoms with E-state index in [1.807, 2.05) is 13.1 Å². The van der Waals surface area contributed by atoms with E-state index < -0.39 is 17.2 Å². The van der Waals surface area contributed by atoms with Crippen LogP contribution < -0.4 is 9.80 Å². The molecule has 2 unspecified atom stereocenters. The molecule has 4 rings (SSSR count). The second-order valence-electron chi connectivity index (χ2n) is 7.79. The maximum absolute atomic E-state index is 15.0. The lowest BCUT2D eigenvalue weighted by molar-refractivity contribution is -0.120. The van der Waals surface area contributed by atoms with E-state index in [9.17, 15) is 14.3 Å². The van der Waals surface area contributed by atoms with Crippen LogP contribution in [0.1, 0.15) is 11.7 Å². The van der Waals surface area contributed by atoms with Crippen molar-refractivity contribution in [2.75, 3.05) is 55.3 Å². The number of benzene rings is 2. The summed E-state index contributed by atoms with van der Waals surface area (Å²) in [6, 6.07) is 9.82. The highest BCUT2D eigenvalue weighted by molar-refractivity contribution is 8.00. The number of nitrogens with zero attached hydrogens (tertiary/aromatic N) is 3. The van der Waals surface area contributed by atoms with Crippen LogP contribution in [0.4, 0.5) is 15.8 Å². The zero-order valence-corrected chi connectivity index (χ0v) is 19.4. The molecule has 2 saturated heterocycles. The van der Waals surface area contributed by atoms with Crippen molar-refractivity contribution in [1.82, 2.24) is 4.90 Å². The maximum atomic E-state index is 15.0. The Kier molecular flexibility index (Phi) is 6.98. The first-order chi connectivity index (χ1) is 14.9. The largest absolute Gasteiger partial charge is 0.387 e. The molecular formula is C22H24Cl2FN3O2S. The predicted molar refractivity (Wildman–Crippen MR) is 126 cm³/mol. The van der Waals surface area contributed by atoms with Gasteiger partial charge in [0.05, 0.1) is 10.0 Å². The summed E-state index contributed by atoms with van der Waals surface area (Å²) in [7, 11) is 2.05. The number of carbonyl (C=O) groups excluding carboxylic acids is 1. The third kappa shape index (κ3) is 4.66. The van der Waals surface area contributed by atoms with Gasteiger partial charge in [-0.1, -0.05) is 29.3 Å². The number of hydrogen-bond donors (Lipinski definition) is 1. The molecule has 0 bridgehead atoms. The molecule has 0 radical (unpaired) electrons. The first kappa shape index (κ1) is 22.7. The monoisotopic (exact) mass is 483 g/mol. The molecule has 2 heterocycles. The van der Waals surface area contributed by atoms with Crippen LogP contribution in [0.2, 0.25) is 10.0 Å². The van der Waals surface area contributed by atoms with E-state index in [2.05, 4.69) is 9.80 Å². The Balaban J connectivity index is 1.62. The average molecular weight is 484 g/mol. The van der Waals surface area contributed by atoms with Gasteiger partial charge in [0.1, 0.15) is 17.2 Å². The van der Waals surface area contributed by atoms with Crippen LogP contribution in [0, 0.1) is 5.82 Å². The Morgan fingerprint density at radius 1 is 1.10 bits per heavy atom. The average Bonchev–Trinajstić information content (AvgIpc) is 2.76. The quantitative estimate of drug-likeness (QED) is 0.710. The summed E-state index contributed by atoms with van der Waals surface area (Å²) in [4.78, 5) is 19.2. The Bertz CT molecular complexity index is 972. The highest BCUT2D eigenvalue weighted by atomic mass is 35.5. The van der Waals surface area contributed by atoms with E-state index in [4.69, 9.17) is 23.2 Å². The van der Waals surface area contributed by atoms with Crippen LogP contribution in [-0.2, 0) is 4.79 Å². The minimum absolute atomic E-state index is 0.189. The van der Waals surface area contributed by atoms with Crippen LogP contribution in [0.5, 0.6) is 0 Å². The van der Waals surface area contributed by atoms with Crippen LogP contribution in [0.15, 0.2) is 36.4 Å². The zero-order valence-electron chi connectivity index (χ0n) is 17.1. The number of hydrogen-bond acceptors (Lipinski definition) is 5. The molecule has 31 heavy (non-hydrogen) atoms. The highest BCUT2D eigenvalue weighted by Gasteiger charge is 2.39. The number of likely N-dealkylation sites (N-methyl/N-ethyl adjacent to an activating group) is 1. The minimum Gasteiger partial charge on any atom is -0.387 e. The minimum atomic E-state index is -1.26. The molecular weight excluding hydrogens is 460 g/mol. The van der Waals surface area contributed by atoms with E-state index in [0.29, 0.717) is 33.7 Å². The van der Waals surface area contributed by atoms with Crippen molar-refractivity contribution in [3.05, 3.63) is 57.8 Å². The van der Waals surface area contributed by atoms with Gasteiger partial charge in [-0.15, -0.1) is 11.8 Å². The normalized spacial score (nSPS) is 21.5. The first-order valence-corrected chi connectivity index (χ1v) is 12.0. The molecule has 1 N–H and O–H groups in total. The molecule has 0 aromatic heterocycles. The lowest BCUT2D eigenvalue weighted by Crippen LogP contribution is -2.47. The van der Waals surface area contributed by atoms with E-state index >= 15 is 0 Å². The molecule has 166 valence electrons. The molecule has 2 aromatic rings. The van der Waals surface area contributed by atoms with Crippen molar-refractivity contribution in [1.29, 1.82) is 0 Å². The van der Waals surface area contributed by atoms with Gasteiger partial charge in [0.25, 0.3) is 0 Å². The summed E-state index contributed by atoms with van der Waals surface area (Å²) in [6.45, 7) is 3.66. The lowest BCUT2D eigenvalue weighted by Gasteiger charge is -2.38. The van der Waals surface area contributed by atoms with Gasteiger partial charge in [-0.25, -0.2) is 4.39 Å². The van der Waals surface area contributed by atoms with E-state index in [-0.39, 0.29) is 11.5 Å². The number of thioether (sulfide) groups is 1. The first-order valence-electron chi connectivity index (χ1n) is 10.1. The van der Waals surface area contributed by atoms with Gasteiger partial charge in [-0.3, -0.25) is 4.79 Å². The van der Waals surface area contributed by atoms with Crippen molar-refractivity contribution >= 4 is 52.2 Å². The molecule has 2 aromatic carbocycles. The number of aliphatic hydroxyl groups is 1. The molecule has 0 aliphatic carbocycles. The fourth-order valence-electron chi connectivity index (χ4n) is 4.03. The summed E-state index contributed by atoms with van der Waals surface area (Å²) in [5.74, 6) is -0.148. The molecule has 0 saturated carbocycles. The van der Waals surface area contributed by atoms with E-state index in [1.54, 1.807) is 29.2 Å². The number of rotatable bonds is 4. The molecule has 2 aliphatic rings. The lowest BCUT2D eigenvalue weighted by atomic mass is 10.0. The third-order valence-electron chi connectivity index (χ3n) is 5.79. The topological polar surface area (TPSA) is 47.0 Å². The van der Waals surface area contributed by atoms with Gasteiger partial charge >= 0.3 is 0 Å². The van der Waals surface area contributed by atoms with E-state index in [0.717, 1.165) is 26.2 Å². The molecule has 0 spiro atoms. The fraction of sp³-hybridized carbons (Fsp3) is 0.409. The summed E-state index contributed by atoms with van der Waals surface area (Å²) in [5.41, 5.74) is 1.46. The Morgan fingerprint density at radius 2 is 1.84 bits per heavy atom. The number of piperazine rings is 1. The molecule has 5 nitrogen and oxygen atoms in total. The molecule has 2 fully saturated rings. The van der Waals surface area contributed by atoms with Crippen LogP contribution in [0.3, 0.4) is 0 Å². The Labute approximate surface area is 195 Å². The van der Waals surface area contributed by atoms with Gasteiger partial charge in [0.2, 0.25) is 5.91 Å². The predicted octanol–water partition coefficient (Wildman–Crippen LogP) is 4.07. The molecule has 1 amide bonds. The number of halogens is 3. The SMILES string of the molecule is CN1CCN(c2cccc(F)c2C(O)C2SCCN(c3ccc(Cl)c(Cl)c3)C2=O)CC1. The van der Waals surface area contributed by atoms with Gasteiger partial charge in [0.15, 0.2) is 0 Å². The Morgan fingerprint density at radius 3 is 2.55 bits per heavy atom. The summed E-state index contributed by atoms with van der Waals surface area (Å²) < 4.78 is 15.0. The second kappa shape index (κ2) is 9.55.